The minimum Gasteiger partial charge on any atom is -0.334 e. The lowest BCUT2D eigenvalue weighted by Gasteiger charge is -2.19. The molecule has 0 bridgehead atoms. The van der Waals surface area contributed by atoms with Gasteiger partial charge in [0.25, 0.3) is 0 Å². The van der Waals surface area contributed by atoms with Crippen molar-refractivity contribution in [2.75, 3.05) is 11.4 Å². The summed E-state index contributed by atoms with van der Waals surface area (Å²) in [4.78, 5) is 14.6. The van der Waals surface area contributed by atoms with Crippen LogP contribution < -0.4 is 10.2 Å². The fraction of sp³-hybridized carbons (Fsp3) is 0.238. The molecule has 26 heavy (non-hydrogen) atoms. The van der Waals surface area contributed by atoms with Gasteiger partial charge in [-0.15, -0.1) is 0 Å². The third kappa shape index (κ3) is 2.96. The van der Waals surface area contributed by atoms with Gasteiger partial charge in [-0.3, -0.25) is 4.90 Å². The molecule has 1 aliphatic heterocycles. The fourth-order valence-electron chi connectivity index (χ4n) is 3.51. The number of aromatic nitrogens is 2. The Balaban J connectivity index is 1.51. The summed E-state index contributed by atoms with van der Waals surface area (Å²) in [5, 5.41) is 7.54. The first-order chi connectivity index (χ1) is 12.6. The van der Waals surface area contributed by atoms with Gasteiger partial charge in [0.15, 0.2) is 0 Å². The summed E-state index contributed by atoms with van der Waals surface area (Å²) in [5.41, 5.74) is 5.22. The second-order valence-corrected chi connectivity index (χ2v) is 6.76. The molecule has 0 unspecified atom stereocenters. The number of amides is 2. The van der Waals surface area contributed by atoms with Gasteiger partial charge in [0, 0.05) is 30.9 Å². The third-order valence-electron chi connectivity index (χ3n) is 4.85. The first-order valence-electron chi connectivity index (χ1n) is 8.88. The van der Waals surface area contributed by atoms with Crippen molar-refractivity contribution >= 4 is 11.7 Å². The van der Waals surface area contributed by atoms with Gasteiger partial charge in [-0.05, 0) is 36.2 Å². The second-order valence-electron chi connectivity index (χ2n) is 6.76. The first kappa shape index (κ1) is 16.4. The molecular weight excluding hydrogens is 324 g/mol. The summed E-state index contributed by atoms with van der Waals surface area (Å²) >= 11 is 0. The number of benzene rings is 2. The van der Waals surface area contributed by atoms with E-state index in [1.807, 2.05) is 71.2 Å². The van der Waals surface area contributed by atoms with Gasteiger partial charge in [0.05, 0.1) is 11.4 Å². The van der Waals surface area contributed by atoms with E-state index in [-0.39, 0.29) is 6.03 Å². The van der Waals surface area contributed by atoms with Gasteiger partial charge in [0.2, 0.25) is 0 Å². The maximum Gasteiger partial charge on any atom is 0.322 e. The van der Waals surface area contributed by atoms with Gasteiger partial charge in [-0.25, -0.2) is 9.48 Å². The van der Waals surface area contributed by atoms with Crippen LogP contribution in [0.2, 0.25) is 0 Å². The zero-order chi connectivity index (χ0) is 18.1. The Morgan fingerprint density at radius 1 is 1.12 bits per heavy atom. The number of nitrogens with zero attached hydrogens (tertiary/aromatic N) is 3. The smallest absolute Gasteiger partial charge is 0.322 e. The molecular formula is C21H22N4O. The molecule has 0 fully saturated rings. The summed E-state index contributed by atoms with van der Waals surface area (Å²) in [6.07, 6.45) is 1.94. The third-order valence-corrected chi connectivity index (χ3v) is 4.85. The number of para-hydroxylation sites is 2. The van der Waals surface area contributed by atoms with Crippen LogP contribution in [0.4, 0.5) is 10.5 Å². The van der Waals surface area contributed by atoms with Crippen molar-refractivity contribution in [3.05, 3.63) is 77.6 Å². The van der Waals surface area contributed by atoms with Gasteiger partial charge in [-0.1, -0.05) is 43.3 Å². The molecule has 0 aliphatic carbocycles. The highest BCUT2D eigenvalue weighted by atomic mass is 16.2. The number of carbonyl (C=O) groups is 1. The predicted octanol–water partition coefficient (Wildman–Crippen LogP) is 4.01. The number of fused-ring (bicyclic) bond motifs is 1. The van der Waals surface area contributed by atoms with Gasteiger partial charge in [0.1, 0.15) is 0 Å². The molecule has 0 saturated heterocycles. The van der Waals surface area contributed by atoms with E-state index in [1.165, 1.54) is 5.56 Å². The Hall–Kier alpha value is -3.08. The maximum absolute atomic E-state index is 12.8. The summed E-state index contributed by atoms with van der Waals surface area (Å²) in [5.74, 6) is 0.358. The molecule has 2 amide bonds. The van der Waals surface area contributed by atoms with Crippen LogP contribution in [-0.2, 0) is 6.54 Å². The molecule has 1 aliphatic rings. The molecule has 3 aromatic rings. The average molecular weight is 346 g/mol. The van der Waals surface area contributed by atoms with E-state index >= 15 is 0 Å². The molecule has 0 radical (unpaired) electrons. The molecule has 1 atom stereocenters. The lowest BCUT2D eigenvalue weighted by molar-refractivity contribution is 0.246. The van der Waals surface area contributed by atoms with E-state index < -0.39 is 0 Å². The van der Waals surface area contributed by atoms with Gasteiger partial charge in [-0.2, -0.15) is 5.10 Å². The van der Waals surface area contributed by atoms with E-state index in [0.717, 1.165) is 22.6 Å². The molecule has 0 spiro atoms. The molecule has 2 heterocycles. The molecule has 5 heteroatoms. The van der Waals surface area contributed by atoms with Crippen molar-refractivity contribution < 1.29 is 4.79 Å². The van der Waals surface area contributed by atoms with Crippen LogP contribution in [0.25, 0.3) is 5.69 Å². The van der Waals surface area contributed by atoms with Crippen LogP contribution in [0.3, 0.4) is 0 Å². The van der Waals surface area contributed by atoms with E-state index in [4.69, 9.17) is 0 Å². The van der Waals surface area contributed by atoms with Crippen molar-refractivity contribution in [2.45, 2.75) is 26.3 Å². The zero-order valence-corrected chi connectivity index (χ0v) is 15.0. The summed E-state index contributed by atoms with van der Waals surface area (Å²) in [6.45, 7) is 5.29. The van der Waals surface area contributed by atoms with E-state index in [0.29, 0.717) is 19.0 Å². The predicted molar refractivity (Wildman–Crippen MR) is 103 cm³/mol. The SMILES string of the molecule is Cc1ccn(-c2ccccc2CNC(=O)N2C[C@@H](C)c3ccccc32)n1. The van der Waals surface area contributed by atoms with Crippen molar-refractivity contribution in [1.29, 1.82) is 0 Å². The Morgan fingerprint density at radius 2 is 1.85 bits per heavy atom. The fourth-order valence-corrected chi connectivity index (χ4v) is 3.51. The van der Waals surface area contributed by atoms with E-state index in [1.54, 1.807) is 0 Å². The molecule has 132 valence electrons. The summed E-state index contributed by atoms with van der Waals surface area (Å²) in [6, 6.07) is 18.0. The van der Waals surface area contributed by atoms with Gasteiger partial charge >= 0.3 is 6.03 Å². The highest BCUT2D eigenvalue weighted by Gasteiger charge is 2.29. The second kappa shape index (κ2) is 6.67. The molecule has 1 aromatic heterocycles. The summed E-state index contributed by atoms with van der Waals surface area (Å²) in [7, 11) is 0. The molecule has 4 rings (SSSR count). The molecule has 0 saturated carbocycles. The van der Waals surface area contributed by atoms with Crippen molar-refractivity contribution in [1.82, 2.24) is 15.1 Å². The monoisotopic (exact) mass is 346 g/mol. The number of urea groups is 1. The van der Waals surface area contributed by atoms with Crippen LogP contribution in [0, 0.1) is 6.92 Å². The number of hydrogen-bond donors (Lipinski definition) is 1. The Morgan fingerprint density at radius 3 is 2.62 bits per heavy atom. The van der Waals surface area contributed by atoms with Crippen molar-refractivity contribution in [3.8, 4) is 5.69 Å². The standard InChI is InChI=1S/C21H22N4O/c1-15-14-24(20-10-6-4-8-18(15)20)21(26)22-13-17-7-3-5-9-19(17)25-12-11-16(2)23-25/h3-12,15H,13-14H2,1-2H3,(H,22,26)/t15-/m1/s1. The molecule has 1 N–H and O–H groups in total. The highest BCUT2D eigenvalue weighted by Crippen LogP contribution is 2.35. The normalized spacial score (nSPS) is 15.8. The number of anilines is 1. The number of rotatable bonds is 3. The molecule has 2 aromatic carbocycles. The van der Waals surface area contributed by atoms with Crippen LogP contribution in [-0.4, -0.2) is 22.4 Å². The maximum atomic E-state index is 12.8. The minimum atomic E-state index is -0.0618. The lowest BCUT2D eigenvalue weighted by atomic mass is 10.0. The number of carbonyl (C=O) groups excluding carboxylic acids is 1. The minimum absolute atomic E-state index is 0.0618. The van der Waals surface area contributed by atoms with Crippen LogP contribution >= 0.6 is 0 Å². The van der Waals surface area contributed by atoms with Crippen molar-refractivity contribution in [3.63, 3.8) is 0 Å². The van der Waals surface area contributed by atoms with Gasteiger partial charge < -0.3 is 5.32 Å². The summed E-state index contributed by atoms with van der Waals surface area (Å²) < 4.78 is 1.85. The van der Waals surface area contributed by atoms with Crippen LogP contribution in [0.5, 0.6) is 0 Å². The topological polar surface area (TPSA) is 50.2 Å². The average Bonchev–Trinajstić information content (AvgIpc) is 3.24. The van der Waals surface area contributed by atoms with E-state index in [9.17, 15) is 4.79 Å². The first-order valence-corrected chi connectivity index (χ1v) is 8.88. The quantitative estimate of drug-likeness (QED) is 0.779. The lowest BCUT2D eigenvalue weighted by Crippen LogP contribution is -2.39. The van der Waals surface area contributed by atoms with Crippen molar-refractivity contribution in [2.24, 2.45) is 0 Å². The van der Waals surface area contributed by atoms with E-state index in [2.05, 4.69) is 23.4 Å². The zero-order valence-electron chi connectivity index (χ0n) is 15.0. The highest BCUT2D eigenvalue weighted by molar-refractivity contribution is 5.94. The molecule has 5 nitrogen and oxygen atoms in total. The van der Waals surface area contributed by atoms with Crippen LogP contribution in [0.15, 0.2) is 60.8 Å². The largest absolute Gasteiger partial charge is 0.334 e. The number of hydrogen-bond acceptors (Lipinski definition) is 2. The Labute approximate surface area is 153 Å². The van der Waals surface area contributed by atoms with Crippen LogP contribution in [0.1, 0.15) is 29.7 Å². The Bertz CT molecular complexity index is 946. The Kier molecular flexibility index (Phi) is 4.21. The number of nitrogens with one attached hydrogen (secondary N) is 1. The number of aryl methyl sites for hydroxylation is 1.